The second-order valence-electron chi connectivity index (χ2n) is 29.8. The molecule has 25 aromatic rings. The van der Waals surface area contributed by atoms with Gasteiger partial charge in [-0.25, -0.2) is 24.9 Å². The van der Waals surface area contributed by atoms with E-state index in [2.05, 4.69) is 300 Å². The Morgan fingerprint density at radius 1 is 0.233 bits per heavy atom. The molecule has 0 saturated heterocycles. The van der Waals surface area contributed by atoms with Gasteiger partial charge in [-0.05, 0) is 186 Å². The number of hydrogen-bond donors (Lipinski definition) is 0. The van der Waals surface area contributed by atoms with Gasteiger partial charge in [0.1, 0.15) is 39.3 Å². The summed E-state index contributed by atoms with van der Waals surface area (Å²) in [5.74, 6) is 0. The molecule has 0 bridgehead atoms. The van der Waals surface area contributed by atoms with Crippen molar-refractivity contribution in [3.8, 4) is 89.5 Å². The van der Waals surface area contributed by atoms with Crippen molar-refractivity contribution in [1.29, 1.82) is 0 Å². The molecule has 16 aromatic carbocycles. The Hall–Kier alpha value is -15.9. The van der Waals surface area contributed by atoms with Crippen LogP contribution in [0.15, 0.2) is 379 Å². The highest BCUT2D eigenvalue weighted by molar-refractivity contribution is 6.26. The molecular weight excluding hydrogens is 1420 g/mol. The Morgan fingerprint density at radius 2 is 0.707 bits per heavy atom. The summed E-state index contributed by atoms with van der Waals surface area (Å²) in [6, 6.07) is 121. The zero-order valence-electron chi connectivity index (χ0n) is 62.1. The van der Waals surface area contributed by atoms with E-state index in [1.54, 1.807) is 0 Å². The summed E-state index contributed by atoms with van der Waals surface area (Å²) < 4.78 is 16.7. The van der Waals surface area contributed by atoms with Gasteiger partial charge in [0.2, 0.25) is 0 Å². The maximum Gasteiger partial charge on any atom is 0.138 e. The number of fused-ring (bicyclic) bond motifs is 26. The van der Waals surface area contributed by atoms with Crippen LogP contribution in [0.25, 0.3) is 243 Å². The van der Waals surface area contributed by atoms with Crippen molar-refractivity contribution < 1.29 is 8.83 Å². The van der Waals surface area contributed by atoms with Crippen molar-refractivity contribution in [2.75, 3.05) is 0 Å². The van der Waals surface area contributed by atoms with Crippen LogP contribution >= 0.6 is 0 Å². The zero-order valence-corrected chi connectivity index (χ0v) is 62.1. The fourth-order valence-electron chi connectivity index (χ4n) is 17.8. The number of imidazole rings is 2. The maximum absolute atomic E-state index is 6.14. The van der Waals surface area contributed by atoms with E-state index in [9.17, 15) is 0 Å². The number of nitrogens with zero attached hydrogens (tertiary/aromatic N) is 9. The number of rotatable bonds is 8. The lowest BCUT2D eigenvalue weighted by Crippen LogP contribution is -1.98. The highest BCUT2D eigenvalue weighted by atomic mass is 16.3. The molecule has 116 heavy (non-hydrogen) atoms. The Morgan fingerprint density at radius 3 is 1.29 bits per heavy atom. The van der Waals surface area contributed by atoms with Gasteiger partial charge in [-0.3, -0.25) is 18.8 Å². The van der Waals surface area contributed by atoms with Gasteiger partial charge < -0.3 is 8.83 Å². The summed E-state index contributed by atoms with van der Waals surface area (Å²) in [6.07, 6.45) is 8.05. The first-order valence-corrected chi connectivity index (χ1v) is 39.0. The molecule has 0 aliphatic carbocycles. The van der Waals surface area contributed by atoms with E-state index in [0.29, 0.717) is 0 Å². The van der Waals surface area contributed by atoms with Crippen molar-refractivity contribution >= 4 is 153 Å². The molecule has 0 amide bonds. The second-order valence-corrected chi connectivity index (χ2v) is 29.8. The van der Waals surface area contributed by atoms with Gasteiger partial charge in [0.15, 0.2) is 0 Å². The average Bonchev–Trinajstić information content (AvgIpc) is 1.56. The first-order chi connectivity index (χ1) is 57.5. The van der Waals surface area contributed by atoms with E-state index in [4.69, 9.17) is 43.7 Å². The molecule has 0 aliphatic rings. The molecule has 0 radical (unpaired) electrons. The van der Waals surface area contributed by atoms with E-state index in [1.807, 2.05) is 79.1 Å². The largest absolute Gasteiger partial charge is 0.456 e. The molecule has 25 rings (SSSR count). The quantitative estimate of drug-likeness (QED) is 0.137. The summed E-state index contributed by atoms with van der Waals surface area (Å²) in [5, 5.41) is 15.9. The van der Waals surface area contributed by atoms with Crippen LogP contribution in [0.4, 0.5) is 0 Å². The summed E-state index contributed by atoms with van der Waals surface area (Å²) >= 11 is 0. The molecule has 0 atom stereocenters. The third kappa shape index (κ3) is 10.4. The highest BCUT2D eigenvalue weighted by Gasteiger charge is 2.24. The van der Waals surface area contributed by atoms with Crippen LogP contribution in [0.3, 0.4) is 0 Å². The Kier molecular flexibility index (Phi) is 14.5. The van der Waals surface area contributed by atoms with E-state index >= 15 is 0 Å². The van der Waals surface area contributed by atoms with Gasteiger partial charge in [-0.2, -0.15) is 0 Å². The van der Waals surface area contributed by atoms with Gasteiger partial charge in [-0.1, -0.05) is 243 Å². The fourth-order valence-corrected chi connectivity index (χ4v) is 17.8. The third-order valence-electron chi connectivity index (χ3n) is 23.3. The van der Waals surface area contributed by atoms with Gasteiger partial charge >= 0.3 is 0 Å². The Bertz CT molecular complexity index is 8400. The number of pyridine rings is 3. The Labute approximate surface area is 661 Å². The molecule has 0 saturated carbocycles. The number of aromatic nitrogens is 9. The predicted molar refractivity (Wildman–Crippen MR) is 475 cm³/mol. The summed E-state index contributed by atoms with van der Waals surface area (Å²) in [5.41, 5.74) is 29.3. The van der Waals surface area contributed by atoms with Crippen LogP contribution in [0.5, 0.6) is 0 Å². The molecule has 11 nitrogen and oxygen atoms in total. The molecule has 9 heterocycles. The summed E-state index contributed by atoms with van der Waals surface area (Å²) in [6.45, 7) is 0. The normalized spacial score (nSPS) is 12.0. The first kappa shape index (κ1) is 64.9. The fraction of sp³-hybridized carbons (Fsp3) is 0. The number of para-hydroxylation sites is 2. The van der Waals surface area contributed by atoms with E-state index in [-0.39, 0.29) is 0 Å². The summed E-state index contributed by atoms with van der Waals surface area (Å²) in [4.78, 5) is 36.3. The van der Waals surface area contributed by atoms with Gasteiger partial charge in [0, 0.05) is 78.2 Å². The van der Waals surface area contributed by atoms with Crippen molar-refractivity contribution in [2.45, 2.75) is 0 Å². The van der Waals surface area contributed by atoms with Crippen LogP contribution in [0.2, 0.25) is 0 Å². The molecule has 0 N–H and O–H groups in total. The molecule has 11 heteroatoms. The number of furan rings is 2. The van der Waals surface area contributed by atoms with Crippen molar-refractivity contribution in [3.63, 3.8) is 0 Å². The van der Waals surface area contributed by atoms with Crippen molar-refractivity contribution in [2.24, 2.45) is 0 Å². The predicted octanol–water partition coefficient (Wildman–Crippen LogP) is 27.2. The summed E-state index contributed by atoms with van der Waals surface area (Å²) in [7, 11) is 0. The zero-order chi connectivity index (χ0) is 76.1. The average molecular weight is 1480 g/mol. The standard InChI is InChI=1S/C56H33N5O.C49H28N4O/c1-3-13-34(14-4-1)43-32-48-49(59-55(47-20-11-12-27-57-47)53(58-48)35-15-5-2-6-16-35)33-44(43)38-22-24-42-45(30-38)39-17-7-8-19-41(39)54-56(42)61-28-26-37(31-52(61)60-54)36-23-25-51-46(29-36)40-18-9-10-21-50(40)62-51;1-2-9-29(10-3-1)34-15-8-11-30-18-21-41-48(46(30)34)50-28-42(51-41)33-17-20-38-39(26-33)35-12-4-5-14-37(35)47-49(38)53-24-23-32(27-45(53)52-47)31-19-22-44-40(25-31)36-13-6-7-16-43(36)54-44/h1-33H;1-28H. The van der Waals surface area contributed by atoms with Crippen LogP contribution in [0.1, 0.15) is 0 Å². The topological polar surface area (TPSA) is 125 Å². The molecule has 0 spiro atoms. The third-order valence-corrected chi connectivity index (χ3v) is 23.3. The van der Waals surface area contributed by atoms with Crippen LogP contribution in [-0.2, 0) is 0 Å². The lowest BCUT2D eigenvalue weighted by atomic mass is 9.91. The molecule has 0 unspecified atom stereocenters. The van der Waals surface area contributed by atoms with Gasteiger partial charge in [-0.15, -0.1) is 0 Å². The minimum atomic E-state index is 0.751. The Balaban J connectivity index is 0.000000134. The number of hydrogen-bond acceptors (Lipinski definition) is 9. The van der Waals surface area contributed by atoms with E-state index < -0.39 is 0 Å². The van der Waals surface area contributed by atoms with E-state index in [1.165, 1.54) is 5.56 Å². The molecule has 0 fully saturated rings. The monoisotopic (exact) mass is 1480 g/mol. The van der Waals surface area contributed by atoms with Crippen LogP contribution in [-0.4, -0.2) is 43.7 Å². The van der Waals surface area contributed by atoms with Gasteiger partial charge in [0.05, 0.1) is 67.4 Å². The van der Waals surface area contributed by atoms with Crippen LogP contribution < -0.4 is 0 Å². The van der Waals surface area contributed by atoms with Crippen molar-refractivity contribution in [1.82, 2.24) is 43.7 Å². The lowest BCUT2D eigenvalue weighted by molar-refractivity contribution is 0.668. The molecule has 0 aliphatic heterocycles. The molecular formula is C105H61N9O2. The molecule has 538 valence electrons. The first-order valence-electron chi connectivity index (χ1n) is 39.0. The van der Waals surface area contributed by atoms with Crippen LogP contribution in [0, 0.1) is 0 Å². The second kappa shape index (κ2) is 25.9. The smallest absolute Gasteiger partial charge is 0.138 e. The number of benzene rings is 16. The minimum absolute atomic E-state index is 0.751. The lowest BCUT2D eigenvalue weighted by Gasteiger charge is -2.16. The minimum Gasteiger partial charge on any atom is -0.456 e. The van der Waals surface area contributed by atoms with Gasteiger partial charge in [0.25, 0.3) is 0 Å². The van der Waals surface area contributed by atoms with Crippen molar-refractivity contribution in [3.05, 3.63) is 371 Å². The highest BCUT2D eigenvalue weighted by Crippen LogP contribution is 2.45. The molecule has 9 aromatic heterocycles. The maximum atomic E-state index is 6.14. The van der Waals surface area contributed by atoms with E-state index in [0.717, 1.165) is 237 Å². The SMILES string of the molecule is c1ccc(-c2cc3nc(-c4ccccc4)c(-c4ccccn4)nc3cc2-c2ccc3c(c2)c2ccccc2c2nc4cc(-c5ccc6oc7ccccc7c6c5)ccn4c32)cc1.c1ccc(-c2cccc3ccc4nc(-c5ccc6c(c5)c5ccccc5c5nc7cc(-c8ccc9oc%10ccccc%10c9c8)ccn7c65)cnc4c23)cc1.